The molecular weight excluding hydrogens is 406 g/mol. The van der Waals surface area contributed by atoms with Crippen molar-refractivity contribution in [3.8, 4) is 11.1 Å². The number of hydrogen-bond acceptors (Lipinski definition) is 2. The highest BCUT2D eigenvalue weighted by atomic mass is 16.2. The zero-order valence-electron chi connectivity index (χ0n) is 20.2. The molecule has 1 saturated heterocycles. The molecule has 4 rings (SSSR count). The van der Waals surface area contributed by atoms with Gasteiger partial charge >= 0.3 is 0 Å². The number of nitrogens with zero attached hydrogens (tertiary/aromatic N) is 1. The number of aromatic amines is 1. The van der Waals surface area contributed by atoms with E-state index >= 15 is 0 Å². The molecule has 0 bridgehead atoms. The van der Waals surface area contributed by atoms with E-state index in [1.165, 1.54) is 27.9 Å². The van der Waals surface area contributed by atoms with Crippen LogP contribution < -0.4 is 5.32 Å². The van der Waals surface area contributed by atoms with Crippen LogP contribution in [0.4, 0.5) is 0 Å². The number of fused-ring (bicyclic) bond motifs is 1. The van der Waals surface area contributed by atoms with Crippen molar-refractivity contribution in [2.75, 3.05) is 13.1 Å². The van der Waals surface area contributed by atoms with Crippen LogP contribution >= 0.6 is 0 Å². The minimum atomic E-state index is 0.134. The van der Waals surface area contributed by atoms with Gasteiger partial charge < -0.3 is 15.2 Å². The van der Waals surface area contributed by atoms with Crippen LogP contribution in [-0.2, 0) is 0 Å². The van der Waals surface area contributed by atoms with E-state index in [1.807, 2.05) is 29.3 Å². The number of hydrogen-bond donors (Lipinski definition) is 2. The number of nitrogens with one attached hydrogen (secondary N) is 2. The predicted molar refractivity (Wildman–Crippen MR) is 138 cm³/mol. The van der Waals surface area contributed by atoms with Gasteiger partial charge in [0.2, 0.25) is 0 Å². The third kappa shape index (κ3) is 4.90. The van der Waals surface area contributed by atoms with Crippen molar-refractivity contribution >= 4 is 16.8 Å². The monoisotopic (exact) mass is 441 g/mol. The number of benzene rings is 2. The van der Waals surface area contributed by atoms with Gasteiger partial charge in [-0.3, -0.25) is 4.79 Å². The molecule has 3 aromatic rings. The second-order valence-corrected chi connectivity index (χ2v) is 9.04. The molecule has 1 fully saturated rings. The van der Waals surface area contributed by atoms with E-state index in [2.05, 4.69) is 74.4 Å². The highest BCUT2D eigenvalue weighted by molar-refractivity contribution is 5.97. The summed E-state index contributed by atoms with van der Waals surface area (Å²) in [5.74, 6) is 0.613. The molecule has 4 nitrogen and oxygen atoms in total. The summed E-state index contributed by atoms with van der Waals surface area (Å²) in [6.45, 7) is 10.2. The molecule has 2 N–H and O–H groups in total. The standard InChI is InChI=1S/C29H35N3O/c1-5-20(3)28(31-21(4)6-2)23-15-17-32(18-16-23)29(33)24-13-11-22(12-14-24)26-19-30-27-10-8-7-9-25(26)27/h6-14,19,23,30-31H,5,15-18H2,1-4H3/b21-6-,28-20+. The van der Waals surface area contributed by atoms with Gasteiger partial charge in [-0.1, -0.05) is 48.9 Å². The van der Waals surface area contributed by atoms with Gasteiger partial charge in [0, 0.05) is 58.6 Å². The molecule has 172 valence electrons. The number of carbonyl (C=O) groups is 1. The lowest BCUT2D eigenvalue weighted by molar-refractivity contribution is 0.0700. The number of para-hydroxylation sites is 1. The van der Waals surface area contributed by atoms with Crippen LogP contribution in [-0.4, -0.2) is 28.9 Å². The van der Waals surface area contributed by atoms with Crippen LogP contribution in [0.25, 0.3) is 22.0 Å². The third-order valence-corrected chi connectivity index (χ3v) is 6.98. The maximum absolute atomic E-state index is 13.2. The van der Waals surface area contributed by atoms with Crippen LogP contribution in [0.15, 0.2) is 77.8 Å². The average molecular weight is 442 g/mol. The summed E-state index contributed by atoms with van der Waals surface area (Å²) in [7, 11) is 0. The molecule has 2 heterocycles. The Kier molecular flexibility index (Phi) is 7.02. The smallest absolute Gasteiger partial charge is 0.253 e. The predicted octanol–water partition coefficient (Wildman–Crippen LogP) is 6.88. The van der Waals surface area contributed by atoms with Gasteiger partial charge in [-0.15, -0.1) is 0 Å². The summed E-state index contributed by atoms with van der Waals surface area (Å²) in [6, 6.07) is 16.4. The first-order valence-electron chi connectivity index (χ1n) is 12.1. The molecule has 1 aliphatic heterocycles. The molecule has 1 amide bonds. The molecule has 2 aromatic carbocycles. The van der Waals surface area contributed by atoms with Crippen LogP contribution in [0.5, 0.6) is 0 Å². The second-order valence-electron chi connectivity index (χ2n) is 9.04. The topological polar surface area (TPSA) is 48.1 Å². The van der Waals surface area contributed by atoms with Gasteiger partial charge in [-0.25, -0.2) is 0 Å². The van der Waals surface area contributed by atoms with E-state index in [-0.39, 0.29) is 5.91 Å². The molecule has 4 heteroatoms. The molecule has 0 radical (unpaired) electrons. The number of aromatic nitrogens is 1. The fraction of sp³-hybridized carbons (Fsp3) is 0.345. The Bertz CT molecular complexity index is 1180. The summed E-state index contributed by atoms with van der Waals surface area (Å²) < 4.78 is 0. The van der Waals surface area contributed by atoms with Crippen molar-refractivity contribution in [2.24, 2.45) is 5.92 Å². The van der Waals surface area contributed by atoms with Gasteiger partial charge in [0.15, 0.2) is 0 Å². The van der Waals surface area contributed by atoms with E-state index in [0.717, 1.165) is 49.0 Å². The Hall–Kier alpha value is -3.27. The lowest BCUT2D eigenvalue weighted by Crippen LogP contribution is -2.40. The number of carbonyl (C=O) groups excluding carboxylic acids is 1. The Morgan fingerprint density at radius 3 is 2.45 bits per heavy atom. The molecule has 0 atom stereocenters. The number of piperidine rings is 1. The van der Waals surface area contributed by atoms with Crippen molar-refractivity contribution in [1.82, 2.24) is 15.2 Å². The quantitative estimate of drug-likeness (QED) is 0.438. The summed E-state index contributed by atoms with van der Waals surface area (Å²) in [5, 5.41) is 4.83. The number of likely N-dealkylation sites (tertiary alicyclic amines) is 1. The lowest BCUT2D eigenvalue weighted by atomic mass is 9.89. The van der Waals surface area contributed by atoms with Crippen molar-refractivity contribution in [2.45, 2.75) is 47.0 Å². The lowest BCUT2D eigenvalue weighted by Gasteiger charge is -2.34. The summed E-state index contributed by atoms with van der Waals surface area (Å²) in [4.78, 5) is 18.5. The maximum atomic E-state index is 13.2. The summed E-state index contributed by atoms with van der Waals surface area (Å²) in [5.41, 5.74) is 8.13. The Morgan fingerprint density at radius 2 is 1.79 bits per heavy atom. The zero-order valence-corrected chi connectivity index (χ0v) is 20.2. The van der Waals surface area contributed by atoms with E-state index in [1.54, 1.807) is 0 Å². The minimum Gasteiger partial charge on any atom is -0.363 e. The SMILES string of the molecule is C/C=C(/C)N/C(=C(\C)CC)C1CCN(C(=O)c2ccc(-c3c[nH]c4ccccc34)cc2)CC1. The Morgan fingerprint density at radius 1 is 1.09 bits per heavy atom. The van der Waals surface area contributed by atoms with Gasteiger partial charge in [0.25, 0.3) is 5.91 Å². The van der Waals surface area contributed by atoms with Crippen LogP contribution in [0.3, 0.4) is 0 Å². The summed E-state index contributed by atoms with van der Waals surface area (Å²) >= 11 is 0. The molecule has 0 aliphatic carbocycles. The molecule has 0 unspecified atom stereocenters. The maximum Gasteiger partial charge on any atom is 0.253 e. The first-order chi connectivity index (χ1) is 16.0. The minimum absolute atomic E-state index is 0.134. The van der Waals surface area contributed by atoms with E-state index in [9.17, 15) is 4.79 Å². The molecule has 1 aliphatic rings. The third-order valence-electron chi connectivity index (χ3n) is 6.98. The van der Waals surface area contributed by atoms with Gasteiger partial charge in [-0.2, -0.15) is 0 Å². The van der Waals surface area contributed by atoms with Crippen molar-refractivity contribution in [3.63, 3.8) is 0 Å². The highest BCUT2D eigenvalue weighted by Crippen LogP contribution is 2.30. The molecule has 0 spiro atoms. The molecule has 0 saturated carbocycles. The largest absolute Gasteiger partial charge is 0.363 e. The van der Waals surface area contributed by atoms with Crippen LogP contribution in [0.1, 0.15) is 57.3 Å². The van der Waals surface area contributed by atoms with Crippen molar-refractivity contribution in [3.05, 3.63) is 83.3 Å². The van der Waals surface area contributed by atoms with Gasteiger partial charge in [0.1, 0.15) is 0 Å². The number of H-pyrrole nitrogens is 1. The number of amides is 1. The average Bonchev–Trinajstić information content (AvgIpc) is 3.30. The Balaban J connectivity index is 1.43. The van der Waals surface area contributed by atoms with E-state index in [0.29, 0.717) is 5.92 Å². The fourth-order valence-electron chi connectivity index (χ4n) is 4.69. The van der Waals surface area contributed by atoms with Gasteiger partial charge in [0.05, 0.1) is 0 Å². The summed E-state index contributed by atoms with van der Waals surface area (Å²) in [6.07, 6.45) is 7.19. The second kappa shape index (κ2) is 10.1. The van der Waals surface area contributed by atoms with Crippen molar-refractivity contribution in [1.29, 1.82) is 0 Å². The first kappa shape index (κ1) is 22.9. The molecule has 1 aromatic heterocycles. The van der Waals surface area contributed by atoms with E-state index in [4.69, 9.17) is 0 Å². The van der Waals surface area contributed by atoms with Crippen LogP contribution in [0, 0.1) is 5.92 Å². The normalized spacial score (nSPS) is 16.1. The zero-order chi connectivity index (χ0) is 23.4. The number of rotatable bonds is 6. The molecular formula is C29H35N3O. The first-order valence-corrected chi connectivity index (χ1v) is 12.1. The highest BCUT2D eigenvalue weighted by Gasteiger charge is 2.26. The fourth-order valence-corrected chi connectivity index (χ4v) is 4.69. The van der Waals surface area contributed by atoms with Crippen LogP contribution in [0.2, 0.25) is 0 Å². The number of allylic oxidation sites excluding steroid dienone is 4. The van der Waals surface area contributed by atoms with E-state index < -0.39 is 0 Å². The van der Waals surface area contributed by atoms with Crippen molar-refractivity contribution < 1.29 is 4.79 Å². The van der Waals surface area contributed by atoms with Gasteiger partial charge in [-0.05, 0) is 63.8 Å². The molecule has 33 heavy (non-hydrogen) atoms. The Labute approximate surface area is 197 Å².